The van der Waals surface area contributed by atoms with E-state index in [2.05, 4.69) is 10.6 Å². The summed E-state index contributed by atoms with van der Waals surface area (Å²) in [6.07, 6.45) is 4.19. The number of hydrogen-bond donors (Lipinski definition) is 2. The van der Waals surface area contributed by atoms with Gasteiger partial charge in [0.05, 0.1) is 33.2 Å². The summed E-state index contributed by atoms with van der Waals surface area (Å²) < 4.78 is 5.42. The lowest BCUT2D eigenvalue weighted by Gasteiger charge is -2.20. The Balaban J connectivity index is 1.74. The fourth-order valence-corrected chi connectivity index (χ4v) is 4.74. The van der Waals surface area contributed by atoms with Gasteiger partial charge in [-0.1, -0.05) is 67.4 Å². The van der Waals surface area contributed by atoms with E-state index in [-0.39, 0.29) is 24.9 Å². The quantitative estimate of drug-likeness (QED) is 0.282. The van der Waals surface area contributed by atoms with Crippen molar-refractivity contribution in [3.63, 3.8) is 0 Å². The zero-order valence-corrected chi connectivity index (χ0v) is 23.1. The molecule has 3 rings (SSSR count). The number of amides is 2. The molecule has 2 aromatic carbocycles. The maximum absolute atomic E-state index is 13.0. The molecule has 6 nitrogen and oxygen atoms in total. The number of rotatable bonds is 9. The maximum Gasteiger partial charge on any atom is 0.329 e. The van der Waals surface area contributed by atoms with Crippen LogP contribution in [0.3, 0.4) is 0 Å². The minimum Gasteiger partial charge on any atom is -0.464 e. The lowest BCUT2D eigenvalue weighted by atomic mass is 10.0. The van der Waals surface area contributed by atoms with E-state index in [0.717, 1.165) is 5.56 Å². The van der Waals surface area contributed by atoms with Crippen LogP contribution in [-0.2, 0) is 20.7 Å². The molecule has 1 aliphatic rings. The molecular formula is C28H29Cl3N2O4. The number of allylic oxidation sites excluding steroid dienone is 3. The summed E-state index contributed by atoms with van der Waals surface area (Å²) in [7, 11) is 0. The highest BCUT2D eigenvalue weighted by Crippen LogP contribution is 2.28. The summed E-state index contributed by atoms with van der Waals surface area (Å²) in [5, 5.41) is 5.69. The molecule has 0 aliphatic heterocycles. The number of alkyl halides is 1. The van der Waals surface area contributed by atoms with Crippen LogP contribution in [0, 0.1) is 12.8 Å². The van der Waals surface area contributed by atoms with Crippen molar-refractivity contribution >= 4 is 58.3 Å². The van der Waals surface area contributed by atoms with Crippen LogP contribution in [0.1, 0.15) is 41.8 Å². The lowest BCUT2D eigenvalue weighted by molar-refractivity contribution is -0.147. The average molecular weight is 564 g/mol. The average Bonchev–Trinajstić information content (AvgIpc) is 2.83. The monoisotopic (exact) mass is 562 g/mol. The van der Waals surface area contributed by atoms with Crippen LogP contribution in [0.5, 0.6) is 0 Å². The van der Waals surface area contributed by atoms with Crippen molar-refractivity contribution in [1.82, 2.24) is 5.32 Å². The van der Waals surface area contributed by atoms with Crippen molar-refractivity contribution in [3.05, 3.63) is 86.9 Å². The SMILES string of the molecule is Cc1cccc(Cl)c1C(=O)NC(Cc1ccc(NC(=O)C2=C(Cl)C=CCC2Cl)cc1)C(=O)OCC(C)C. The number of carbonyl (C=O) groups is 3. The Kier molecular flexibility index (Phi) is 10.2. The topological polar surface area (TPSA) is 84.5 Å². The second-order valence-electron chi connectivity index (χ2n) is 9.20. The third-order valence-electron chi connectivity index (χ3n) is 5.67. The third kappa shape index (κ3) is 7.84. The number of nitrogens with one attached hydrogen (secondary N) is 2. The molecule has 37 heavy (non-hydrogen) atoms. The largest absolute Gasteiger partial charge is 0.464 e. The Labute approximate surface area is 232 Å². The summed E-state index contributed by atoms with van der Waals surface area (Å²) >= 11 is 18.7. The van der Waals surface area contributed by atoms with Gasteiger partial charge in [0.2, 0.25) is 0 Å². The van der Waals surface area contributed by atoms with Gasteiger partial charge in [-0.05, 0) is 54.7 Å². The predicted octanol–water partition coefficient (Wildman–Crippen LogP) is 6.19. The van der Waals surface area contributed by atoms with E-state index in [4.69, 9.17) is 39.5 Å². The third-order valence-corrected chi connectivity index (χ3v) is 6.71. The van der Waals surface area contributed by atoms with Crippen LogP contribution in [-0.4, -0.2) is 35.8 Å². The van der Waals surface area contributed by atoms with Crippen molar-refractivity contribution in [1.29, 1.82) is 0 Å². The van der Waals surface area contributed by atoms with Gasteiger partial charge in [-0.15, -0.1) is 11.6 Å². The summed E-state index contributed by atoms with van der Waals surface area (Å²) in [6.45, 7) is 5.87. The van der Waals surface area contributed by atoms with Gasteiger partial charge in [0.1, 0.15) is 6.04 Å². The summed E-state index contributed by atoms with van der Waals surface area (Å²) in [4.78, 5) is 38.6. The highest BCUT2D eigenvalue weighted by atomic mass is 35.5. The van der Waals surface area contributed by atoms with Crippen molar-refractivity contribution in [3.8, 4) is 0 Å². The van der Waals surface area contributed by atoms with Crippen molar-refractivity contribution in [2.24, 2.45) is 5.92 Å². The predicted molar refractivity (Wildman–Crippen MR) is 148 cm³/mol. The van der Waals surface area contributed by atoms with E-state index in [1.807, 2.05) is 19.9 Å². The van der Waals surface area contributed by atoms with E-state index >= 15 is 0 Å². The molecule has 196 valence electrons. The van der Waals surface area contributed by atoms with Gasteiger partial charge in [-0.2, -0.15) is 0 Å². The normalized spacial score (nSPS) is 15.9. The van der Waals surface area contributed by atoms with Crippen molar-refractivity contribution in [2.45, 2.75) is 45.0 Å². The molecule has 2 amide bonds. The molecule has 0 fully saturated rings. The second kappa shape index (κ2) is 13.1. The molecule has 2 aromatic rings. The molecule has 0 aromatic heterocycles. The minimum atomic E-state index is -0.933. The molecule has 0 bridgehead atoms. The van der Waals surface area contributed by atoms with E-state index in [0.29, 0.717) is 38.9 Å². The minimum absolute atomic E-state index is 0.143. The Morgan fingerprint density at radius 3 is 2.38 bits per heavy atom. The van der Waals surface area contributed by atoms with Gasteiger partial charge in [0.15, 0.2) is 0 Å². The standard InChI is InChI=1S/C28H29Cl3N2O4/c1-16(2)15-37-28(36)23(33-26(34)24-17(3)6-4-7-20(24)29)14-18-10-12-19(13-11-18)32-27(35)25-21(30)8-5-9-22(25)31/h4-8,10-13,16,22-23H,9,14-15H2,1-3H3,(H,32,35)(H,33,34). The number of ether oxygens (including phenoxy) is 1. The molecule has 1 aliphatic carbocycles. The van der Waals surface area contributed by atoms with Gasteiger partial charge >= 0.3 is 5.97 Å². The molecule has 2 unspecified atom stereocenters. The molecule has 0 heterocycles. The first-order chi connectivity index (χ1) is 17.6. The molecular weight excluding hydrogens is 535 g/mol. The highest BCUT2D eigenvalue weighted by molar-refractivity contribution is 6.37. The van der Waals surface area contributed by atoms with Crippen molar-refractivity contribution in [2.75, 3.05) is 11.9 Å². The van der Waals surface area contributed by atoms with Gasteiger partial charge in [0.25, 0.3) is 11.8 Å². The van der Waals surface area contributed by atoms with Crippen LogP contribution < -0.4 is 10.6 Å². The maximum atomic E-state index is 13.0. The molecule has 0 saturated heterocycles. The number of aryl methyl sites for hydroxylation is 1. The number of hydrogen-bond acceptors (Lipinski definition) is 4. The molecule has 2 N–H and O–H groups in total. The van der Waals surface area contributed by atoms with Gasteiger partial charge in [0, 0.05) is 12.1 Å². The van der Waals surface area contributed by atoms with Crippen LogP contribution in [0.2, 0.25) is 5.02 Å². The molecule has 0 saturated carbocycles. The number of halogens is 3. The Bertz CT molecular complexity index is 1200. The summed E-state index contributed by atoms with van der Waals surface area (Å²) in [6, 6.07) is 11.2. The zero-order chi connectivity index (χ0) is 27.1. The molecule has 0 spiro atoms. The van der Waals surface area contributed by atoms with E-state index < -0.39 is 23.3 Å². The van der Waals surface area contributed by atoms with Crippen LogP contribution in [0.15, 0.2) is 65.2 Å². The first-order valence-corrected chi connectivity index (χ1v) is 13.1. The fourth-order valence-electron chi connectivity index (χ4n) is 3.75. The number of carbonyl (C=O) groups excluding carboxylic acids is 3. The Morgan fingerprint density at radius 1 is 1.05 bits per heavy atom. The van der Waals surface area contributed by atoms with E-state index in [1.165, 1.54) is 0 Å². The van der Waals surface area contributed by atoms with Crippen molar-refractivity contribution < 1.29 is 19.1 Å². The number of anilines is 1. The Hall–Kier alpha value is -2.80. The smallest absolute Gasteiger partial charge is 0.329 e. The van der Waals surface area contributed by atoms with E-state index in [9.17, 15) is 14.4 Å². The Morgan fingerprint density at radius 2 is 1.76 bits per heavy atom. The first-order valence-electron chi connectivity index (χ1n) is 11.9. The number of esters is 1. The van der Waals surface area contributed by atoms with E-state index in [1.54, 1.807) is 55.5 Å². The summed E-state index contributed by atoms with van der Waals surface area (Å²) in [5.74, 6) is -1.23. The second-order valence-corrected chi connectivity index (χ2v) is 10.5. The van der Waals surface area contributed by atoms with Gasteiger partial charge in [-0.3, -0.25) is 9.59 Å². The first kappa shape index (κ1) is 28.8. The summed E-state index contributed by atoms with van der Waals surface area (Å²) in [5.41, 5.74) is 2.63. The van der Waals surface area contributed by atoms with Crippen LogP contribution >= 0.6 is 34.8 Å². The highest BCUT2D eigenvalue weighted by Gasteiger charge is 2.26. The van der Waals surface area contributed by atoms with Crippen LogP contribution in [0.4, 0.5) is 5.69 Å². The van der Waals surface area contributed by atoms with Gasteiger partial charge < -0.3 is 15.4 Å². The number of benzene rings is 2. The lowest BCUT2D eigenvalue weighted by Crippen LogP contribution is -2.44. The molecule has 9 heteroatoms. The van der Waals surface area contributed by atoms with Crippen LogP contribution in [0.25, 0.3) is 0 Å². The zero-order valence-electron chi connectivity index (χ0n) is 20.8. The molecule has 0 radical (unpaired) electrons. The molecule has 2 atom stereocenters. The fraction of sp³-hybridized carbons (Fsp3) is 0.321. The van der Waals surface area contributed by atoms with Gasteiger partial charge in [-0.25, -0.2) is 4.79 Å².